The second-order valence-electron chi connectivity index (χ2n) is 5.13. The molecule has 100 valence electrons. The van der Waals surface area contributed by atoms with E-state index in [1.807, 2.05) is 19.2 Å². The fourth-order valence-electron chi connectivity index (χ4n) is 2.41. The molecule has 0 spiro atoms. The van der Waals surface area contributed by atoms with Gasteiger partial charge in [-0.05, 0) is 51.3 Å². The summed E-state index contributed by atoms with van der Waals surface area (Å²) in [5, 5.41) is 3.52. The zero-order chi connectivity index (χ0) is 12.8. The molecule has 18 heavy (non-hydrogen) atoms. The standard InChI is InChI=1S/C14H24N4/c1-3-7-15-11-13-5-9-18(10-6-13)14-16-8-4-12(2)17-14/h4,8,13,15H,3,5-7,9-11H2,1-2H3. The van der Waals surface area contributed by atoms with Gasteiger partial charge in [0.25, 0.3) is 0 Å². The smallest absolute Gasteiger partial charge is 0.225 e. The highest BCUT2D eigenvalue weighted by atomic mass is 15.2. The number of nitrogens with one attached hydrogen (secondary N) is 1. The molecule has 1 saturated heterocycles. The quantitative estimate of drug-likeness (QED) is 0.809. The second kappa shape index (κ2) is 6.69. The van der Waals surface area contributed by atoms with Crippen molar-refractivity contribution < 1.29 is 0 Å². The number of nitrogens with zero attached hydrogens (tertiary/aromatic N) is 3. The first-order valence-corrected chi connectivity index (χ1v) is 7.05. The summed E-state index contributed by atoms with van der Waals surface area (Å²) in [7, 11) is 0. The van der Waals surface area contributed by atoms with Gasteiger partial charge in [-0.1, -0.05) is 6.92 Å². The average molecular weight is 248 g/mol. The van der Waals surface area contributed by atoms with Gasteiger partial charge in [0.05, 0.1) is 0 Å². The van der Waals surface area contributed by atoms with Crippen LogP contribution in [0.3, 0.4) is 0 Å². The third-order valence-electron chi connectivity index (χ3n) is 3.54. The van der Waals surface area contributed by atoms with E-state index < -0.39 is 0 Å². The first kappa shape index (κ1) is 13.3. The van der Waals surface area contributed by atoms with Crippen molar-refractivity contribution in [2.45, 2.75) is 33.1 Å². The van der Waals surface area contributed by atoms with E-state index in [1.54, 1.807) is 0 Å². The Labute approximate surface area is 110 Å². The molecule has 2 rings (SSSR count). The summed E-state index contributed by atoms with van der Waals surface area (Å²) in [6, 6.07) is 1.95. The molecule has 0 amide bonds. The fourth-order valence-corrected chi connectivity index (χ4v) is 2.41. The third-order valence-corrected chi connectivity index (χ3v) is 3.54. The summed E-state index contributed by atoms with van der Waals surface area (Å²) >= 11 is 0. The van der Waals surface area contributed by atoms with Crippen molar-refractivity contribution in [2.75, 3.05) is 31.1 Å². The Balaban J connectivity index is 1.79. The molecule has 1 N–H and O–H groups in total. The van der Waals surface area contributed by atoms with Crippen LogP contribution in [0, 0.1) is 12.8 Å². The molecule has 4 heteroatoms. The summed E-state index contributed by atoms with van der Waals surface area (Å²) in [5.41, 5.74) is 1.05. The Morgan fingerprint density at radius 2 is 2.17 bits per heavy atom. The lowest BCUT2D eigenvalue weighted by molar-refractivity contribution is 0.381. The van der Waals surface area contributed by atoms with Crippen LogP contribution in [0.25, 0.3) is 0 Å². The van der Waals surface area contributed by atoms with E-state index in [4.69, 9.17) is 0 Å². The third kappa shape index (κ3) is 3.67. The van der Waals surface area contributed by atoms with Crippen LogP contribution in [0.5, 0.6) is 0 Å². The minimum atomic E-state index is 0.817. The Hall–Kier alpha value is -1.16. The number of piperidine rings is 1. The predicted octanol–water partition coefficient (Wildman–Crippen LogP) is 2.00. The van der Waals surface area contributed by atoms with Gasteiger partial charge in [-0.3, -0.25) is 0 Å². The average Bonchev–Trinajstić information content (AvgIpc) is 2.40. The number of hydrogen-bond acceptors (Lipinski definition) is 4. The van der Waals surface area contributed by atoms with Crippen LogP contribution in [0.15, 0.2) is 12.3 Å². The highest BCUT2D eigenvalue weighted by molar-refractivity contribution is 5.30. The van der Waals surface area contributed by atoms with Crippen molar-refractivity contribution in [3.8, 4) is 0 Å². The topological polar surface area (TPSA) is 41.0 Å². The van der Waals surface area contributed by atoms with Crippen LogP contribution in [0.4, 0.5) is 5.95 Å². The van der Waals surface area contributed by atoms with Crippen molar-refractivity contribution >= 4 is 5.95 Å². The number of aromatic nitrogens is 2. The van der Waals surface area contributed by atoms with Crippen LogP contribution in [-0.2, 0) is 0 Å². The van der Waals surface area contributed by atoms with Gasteiger partial charge in [0, 0.05) is 25.0 Å². The number of hydrogen-bond donors (Lipinski definition) is 1. The lowest BCUT2D eigenvalue weighted by Gasteiger charge is -2.32. The molecule has 0 saturated carbocycles. The normalized spacial score (nSPS) is 17.1. The maximum absolute atomic E-state index is 4.50. The Kier molecular flexibility index (Phi) is 4.93. The number of aryl methyl sites for hydroxylation is 1. The van der Waals surface area contributed by atoms with E-state index in [-0.39, 0.29) is 0 Å². The molecular weight excluding hydrogens is 224 g/mol. The highest BCUT2D eigenvalue weighted by Crippen LogP contribution is 2.19. The van der Waals surface area contributed by atoms with Gasteiger partial charge in [-0.2, -0.15) is 0 Å². The van der Waals surface area contributed by atoms with E-state index in [1.165, 1.54) is 19.3 Å². The second-order valence-corrected chi connectivity index (χ2v) is 5.13. The molecule has 1 aliphatic rings. The van der Waals surface area contributed by atoms with E-state index in [9.17, 15) is 0 Å². The van der Waals surface area contributed by atoms with Gasteiger partial charge < -0.3 is 10.2 Å². The minimum absolute atomic E-state index is 0.817. The molecule has 4 nitrogen and oxygen atoms in total. The van der Waals surface area contributed by atoms with E-state index >= 15 is 0 Å². The molecule has 1 fully saturated rings. The molecule has 0 aliphatic carbocycles. The molecule has 1 aromatic rings. The summed E-state index contributed by atoms with van der Waals surface area (Å²) in [4.78, 5) is 11.2. The molecule has 1 aromatic heterocycles. The van der Waals surface area contributed by atoms with Gasteiger partial charge in [0.2, 0.25) is 5.95 Å². The largest absolute Gasteiger partial charge is 0.341 e. The van der Waals surface area contributed by atoms with Crippen LogP contribution >= 0.6 is 0 Å². The van der Waals surface area contributed by atoms with Gasteiger partial charge in [0.1, 0.15) is 0 Å². The van der Waals surface area contributed by atoms with Crippen molar-refractivity contribution in [1.29, 1.82) is 0 Å². The van der Waals surface area contributed by atoms with E-state index in [2.05, 4.69) is 27.1 Å². The first-order chi connectivity index (χ1) is 8.79. The highest BCUT2D eigenvalue weighted by Gasteiger charge is 2.20. The maximum atomic E-state index is 4.50. The number of rotatable bonds is 5. The summed E-state index contributed by atoms with van der Waals surface area (Å²) in [5.74, 6) is 1.72. The van der Waals surface area contributed by atoms with Crippen molar-refractivity contribution in [1.82, 2.24) is 15.3 Å². The first-order valence-electron chi connectivity index (χ1n) is 7.05. The van der Waals surface area contributed by atoms with Crippen molar-refractivity contribution in [2.24, 2.45) is 5.92 Å². The van der Waals surface area contributed by atoms with Gasteiger partial charge in [-0.25, -0.2) is 9.97 Å². The molecule has 0 bridgehead atoms. The van der Waals surface area contributed by atoms with Gasteiger partial charge in [0.15, 0.2) is 0 Å². The molecule has 0 aromatic carbocycles. The Morgan fingerprint density at radius 1 is 1.39 bits per heavy atom. The molecular formula is C14H24N4. The zero-order valence-electron chi connectivity index (χ0n) is 11.5. The Bertz CT molecular complexity index is 359. The summed E-state index contributed by atoms with van der Waals surface area (Å²) in [6.07, 6.45) is 5.56. The molecule has 0 radical (unpaired) electrons. The maximum Gasteiger partial charge on any atom is 0.225 e. The molecule has 2 heterocycles. The lowest BCUT2D eigenvalue weighted by Crippen LogP contribution is -2.38. The minimum Gasteiger partial charge on any atom is -0.341 e. The van der Waals surface area contributed by atoms with Crippen molar-refractivity contribution in [3.63, 3.8) is 0 Å². The fraction of sp³-hybridized carbons (Fsp3) is 0.714. The SMILES string of the molecule is CCCNCC1CCN(c2nccc(C)n2)CC1. The van der Waals surface area contributed by atoms with Crippen LogP contribution in [0.2, 0.25) is 0 Å². The van der Waals surface area contributed by atoms with Crippen LogP contribution in [0.1, 0.15) is 31.9 Å². The predicted molar refractivity (Wildman–Crippen MR) is 74.9 cm³/mol. The zero-order valence-corrected chi connectivity index (χ0v) is 11.5. The lowest BCUT2D eigenvalue weighted by atomic mass is 9.97. The van der Waals surface area contributed by atoms with Gasteiger partial charge >= 0.3 is 0 Å². The van der Waals surface area contributed by atoms with Gasteiger partial charge in [-0.15, -0.1) is 0 Å². The monoisotopic (exact) mass is 248 g/mol. The number of anilines is 1. The summed E-state index contributed by atoms with van der Waals surface area (Å²) < 4.78 is 0. The van der Waals surface area contributed by atoms with Crippen LogP contribution in [-0.4, -0.2) is 36.1 Å². The Morgan fingerprint density at radius 3 is 2.83 bits per heavy atom. The van der Waals surface area contributed by atoms with E-state index in [0.29, 0.717) is 0 Å². The molecule has 1 aliphatic heterocycles. The van der Waals surface area contributed by atoms with E-state index in [0.717, 1.165) is 43.7 Å². The molecule has 0 atom stereocenters. The van der Waals surface area contributed by atoms with Crippen LogP contribution < -0.4 is 10.2 Å². The molecule has 0 unspecified atom stereocenters. The summed E-state index contributed by atoms with van der Waals surface area (Å²) in [6.45, 7) is 8.71. The van der Waals surface area contributed by atoms with Crippen molar-refractivity contribution in [3.05, 3.63) is 18.0 Å².